The molecule has 5 nitrogen and oxygen atoms in total. The number of aliphatic hydroxyl groups excluding tert-OH is 2. The number of nitrogens with two attached hydrogens (primary N) is 1. The van der Waals surface area contributed by atoms with Crippen molar-refractivity contribution >= 4 is 61.8 Å². The monoisotopic (exact) mass is 642 g/mol. The minimum atomic E-state index is -2.97. The van der Waals surface area contributed by atoms with Gasteiger partial charge >= 0.3 is 0 Å². The molecule has 5 N–H and O–H groups in total. The number of nitrogens with one attached hydrogen (secondary N) is 1. The van der Waals surface area contributed by atoms with Gasteiger partial charge in [0.05, 0.1) is 13.2 Å². The van der Waals surface area contributed by atoms with Gasteiger partial charge < -0.3 is 21.3 Å². The molecule has 2 aromatic rings. The highest BCUT2D eigenvalue weighted by molar-refractivity contribution is 9.10. The number of hydrogen-bond acceptors (Lipinski definition) is 4. The number of benzene rings is 2. The molecular formula is C20H22Br2Cl2F4N2O3. The Bertz CT molecular complexity index is 902. The van der Waals surface area contributed by atoms with Gasteiger partial charge in [-0.2, -0.15) is 0 Å². The topological polar surface area (TPSA) is 95.6 Å². The first-order valence-electron chi connectivity index (χ1n) is 8.92. The number of aliphatic hydroxyl groups is 2. The zero-order valence-electron chi connectivity index (χ0n) is 16.8. The molecule has 2 rings (SSSR count). The molecule has 0 aliphatic heterocycles. The van der Waals surface area contributed by atoms with Gasteiger partial charge in [-0.05, 0) is 35.4 Å². The van der Waals surface area contributed by atoms with Crippen molar-refractivity contribution in [3.05, 3.63) is 68.6 Å². The maximum atomic E-state index is 13.2. The first-order valence-corrected chi connectivity index (χ1v) is 11.0. The molecule has 0 aliphatic rings. The van der Waals surface area contributed by atoms with Crippen molar-refractivity contribution in [3.63, 3.8) is 0 Å². The van der Waals surface area contributed by atoms with Crippen molar-refractivity contribution in [2.24, 2.45) is 5.73 Å². The summed E-state index contributed by atoms with van der Waals surface area (Å²) in [5.74, 6) is -1.23. The number of amides is 1. The van der Waals surface area contributed by atoms with Gasteiger partial charge in [0.15, 0.2) is 0 Å². The first kappa shape index (κ1) is 32.0. The van der Waals surface area contributed by atoms with Crippen LogP contribution in [0.4, 0.5) is 17.6 Å². The predicted molar refractivity (Wildman–Crippen MR) is 128 cm³/mol. The Hall–Kier alpha value is -0.950. The molecule has 33 heavy (non-hydrogen) atoms. The molecule has 0 aliphatic carbocycles. The highest BCUT2D eigenvalue weighted by Crippen LogP contribution is 2.30. The summed E-state index contributed by atoms with van der Waals surface area (Å²) in [6.07, 6.45) is -5.77. The predicted octanol–water partition coefficient (Wildman–Crippen LogP) is 4.54. The van der Waals surface area contributed by atoms with E-state index in [0.717, 1.165) is 0 Å². The molecule has 0 spiro atoms. The lowest BCUT2D eigenvalue weighted by Gasteiger charge is -2.32. The van der Waals surface area contributed by atoms with Gasteiger partial charge in [-0.1, -0.05) is 56.1 Å². The normalized spacial score (nSPS) is 14.4. The van der Waals surface area contributed by atoms with Crippen LogP contribution in [-0.4, -0.2) is 48.1 Å². The van der Waals surface area contributed by atoms with Crippen molar-refractivity contribution in [1.29, 1.82) is 0 Å². The highest BCUT2D eigenvalue weighted by Gasteiger charge is 2.43. The van der Waals surface area contributed by atoms with Gasteiger partial charge in [-0.3, -0.25) is 4.79 Å². The van der Waals surface area contributed by atoms with E-state index in [1.54, 1.807) is 24.3 Å². The summed E-state index contributed by atoms with van der Waals surface area (Å²) in [5.41, 5.74) is 1.60. The van der Waals surface area contributed by atoms with Crippen LogP contribution in [0.1, 0.15) is 11.1 Å². The average Bonchev–Trinajstić information content (AvgIpc) is 2.76. The first-order chi connectivity index (χ1) is 15.0. The van der Waals surface area contributed by atoms with E-state index in [-0.39, 0.29) is 23.5 Å². The Kier molecular flexibility index (Phi) is 14.0. The van der Waals surface area contributed by atoms with Gasteiger partial charge in [-0.15, -0.1) is 24.0 Å². The summed E-state index contributed by atoms with van der Waals surface area (Å²) >= 11 is 11.6. The summed E-state index contributed by atoms with van der Waals surface area (Å²) in [7, 11) is 0. The summed E-state index contributed by atoms with van der Waals surface area (Å²) in [6.45, 7) is -1.72. The lowest BCUT2D eigenvalue weighted by atomic mass is 9.91. The van der Waals surface area contributed by atoms with E-state index in [9.17, 15) is 27.5 Å². The molecule has 186 valence electrons. The summed E-state index contributed by atoms with van der Waals surface area (Å²) in [5, 5.41) is 20.2. The van der Waals surface area contributed by atoms with E-state index in [1.807, 2.05) is 0 Å². The van der Waals surface area contributed by atoms with E-state index in [2.05, 4.69) is 37.2 Å². The fourth-order valence-electron chi connectivity index (χ4n) is 2.56. The second-order valence-electron chi connectivity index (χ2n) is 6.63. The number of carbonyl (C=O) groups is 1. The minimum absolute atomic E-state index is 0. The van der Waals surface area contributed by atoms with Gasteiger partial charge in [0.1, 0.15) is 17.0 Å². The van der Waals surface area contributed by atoms with E-state index < -0.39 is 48.9 Å². The fraction of sp³-hybridized carbons (Fsp3) is 0.350. The standard InChI is InChI=1S/C11H11BrClF2NO2.C9H10BrF2NO.ClH/c12-8-3-1-2-7(4-8)11(6-17,10(14)15)16-9(18)5-13;10-7-3-1-2-6(4-7)9(13,5-14)8(11)12;/h1-4,10,17H,5-6H2,(H,16,18);1-4,8,14H,5,13H2;1H. The van der Waals surface area contributed by atoms with Gasteiger partial charge in [0.25, 0.3) is 12.9 Å². The molecule has 0 heterocycles. The maximum absolute atomic E-state index is 13.2. The molecule has 0 fully saturated rings. The molecule has 0 radical (unpaired) electrons. The Morgan fingerprint density at radius 2 is 1.45 bits per heavy atom. The molecule has 0 bridgehead atoms. The third kappa shape index (κ3) is 8.34. The third-order valence-corrected chi connectivity index (χ3v) is 5.69. The van der Waals surface area contributed by atoms with Crippen LogP contribution >= 0.6 is 55.9 Å². The van der Waals surface area contributed by atoms with Crippen molar-refractivity contribution < 1.29 is 32.6 Å². The molecule has 2 aromatic carbocycles. The number of rotatable bonds is 8. The Labute approximate surface area is 216 Å². The van der Waals surface area contributed by atoms with E-state index >= 15 is 0 Å². The summed E-state index contributed by atoms with van der Waals surface area (Å²) in [4.78, 5) is 11.2. The lowest BCUT2D eigenvalue weighted by molar-refractivity contribution is -0.125. The molecule has 0 aromatic heterocycles. The van der Waals surface area contributed by atoms with E-state index in [0.29, 0.717) is 8.95 Å². The smallest absolute Gasteiger partial charge is 0.267 e. The van der Waals surface area contributed by atoms with Gasteiger partial charge in [-0.25, -0.2) is 17.6 Å². The van der Waals surface area contributed by atoms with Crippen LogP contribution in [0.15, 0.2) is 57.5 Å². The molecule has 2 atom stereocenters. The number of halogens is 8. The van der Waals surface area contributed by atoms with Crippen LogP contribution < -0.4 is 11.1 Å². The minimum Gasteiger partial charge on any atom is -0.394 e. The van der Waals surface area contributed by atoms with E-state index in [4.69, 9.17) is 22.4 Å². The third-order valence-electron chi connectivity index (χ3n) is 4.46. The Morgan fingerprint density at radius 3 is 1.82 bits per heavy atom. The summed E-state index contributed by atoms with van der Waals surface area (Å²) < 4.78 is 52.9. The van der Waals surface area contributed by atoms with Crippen LogP contribution in [0.3, 0.4) is 0 Å². The maximum Gasteiger partial charge on any atom is 0.267 e. The molecule has 0 saturated carbocycles. The SMILES string of the molecule is Cl.NC(CO)(c1cccc(Br)c1)C(F)F.O=C(CCl)NC(CO)(c1cccc(Br)c1)C(F)F. The number of hydrogen-bond donors (Lipinski definition) is 4. The van der Waals surface area contributed by atoms with Crippen LogP contribution in [0.5, 0.6) is 0 Å². The van der Waals surface area contributed by atoms with Crippen LogP contribution in [-0.2, 0) is 15.9 Å². The van der Waals surface area contributed by atoms with Gasteiger partial charge in [0.2, 0.25) is 5.91 Å². The van der Waals surface area contributed by atoms with Crippen LogP contribution in [0.25, 0.3) is 0 Å². The van der Waals surface area contributed by atoms with Crippen molar-refractivity contribution in [1.82, 2.24) is 5.32 Å². The second-order valence-corrected chi connectivity index (χ2v) is 8.73. The number of alkyl halides is 5. The quantitative estimate of drug-likeness (QED) is 0.251. The van der Waals surface area contributed by atoms with Crippen LogP contribution in [0, 0.1) is 0 Å². The molecule has 0 saturated heterocycles. The second kappa shape index (κ2) is 14.4. The highest BCUT2D eigenvalue weighted by atomic mass is 79.9. The summed E-state index contributed by atoms with van der Waals surface area (Å²) in [6, 6.07) is 12.2. The lowest BCUT2D eigenvalue weighted by Crippen LogP contribution is -2.54. The zero-order valence-corrected chi connectivity index (χ0v) is 21.6. The van der Waals surface area contributed by atoms with Crippen molar-refractivity contribution in [3.8, 4) is 0 Å². The van der Waals surface area contributed by atoms with Crippen LogP contribution in [0.2, 0.25) is 0 Å². The van der Waals surface area contributed by atoms with E-state index in [1.165, 1.54) is 24.3 Å². The van der Waals surface area contributed by atoms with Gasteiger partial charge in [0, 0.05) is 8.95 Å². The Morgan fingerprint density at radius 1 is 0.970 bits per heavy atom. The zero-order chi connectivity index (χ0) is 24.5. The molecule has 1 amide bonds. The Balaban J connectivity index is 0.000000620. The van der Waals surface area contributed by atoms with Crippen molar-refractivity contribution in [2.75, 3.05) is 19.1 Å². The molecule has 2 unspecified atom stereocenters. The number of carbonyl (C=O) groups excluding carboxylic acids is 1. The molecule has 13 heteroatoms. The largest absolute Gasteiger partial charge is 0.394 e. The average molecular weight is 645 g/mol. The molecular weight excluding hydrogens is 623 g/mol. The van der Waals surface area contributed by atoms with Crippen molar-refractivity contribution in [2.45, 2.75) is 23.9 Å². The fourth-order valence-corrected chi connectivity index (χ4v) is 3.43.